The van der Waals surface area contributed by atoms with Crippen molar-refractivity contribution in [3.63, 3.8) is 0 Å². The standard InChI is InChI=1S/C14H32F3NO5Si4/c1-24-20-9-5-6-10-27(4,23-26(3)22-25(2)21-24)11-7-8-18-13(19)12-14(15,16)17/h24-26H,5-12H2,1-4H3,(H,18,19). The smallest absolute Gasteiger partial charge is 0.397 e. The van der Waals surface area contributed by atoms with Gasteiger partial charge in [0, 0.05) is 13.2 Å². The van der Waals surface area contributed by atoms with E-state index in [4.69, 9.17) is 16.8 Å². The van der Waals surface area contributed by atoms with E-state index < -0.39 is 54.7 Å². The van der Waals surface area contributed by atoms with Crippen LogP contribution in [0.4, 0.5) is 13.2 Å². The van der Waals surface area contributed by atoms with E-state index >= 15 is 0 Å². The molecule has 0 aliphatic carbocycles. The molecule has 4 atom stereocenters. The van der Waals surface area contributed by atoms with Crippen LogP contribution in [0.3, 0.4) is 0 Å². The highest BCUT2D eigenvalue weighted by Gasteiger charge is 2.33. The molecule has 0 spiro atoms. The van der Waals surface area contributed by atoms with Crippen molar-refractivity contribution >= 4 is 42.1 Å². The van der Waals surface area contributed by atoms with Gasteiger partial charge in [-0.05, 0) is 51.1 Å². The van der Waals surface area contributed by atoms with Crippen LogP contribution in [0.25, 0.3) is 0 Å². The molecule has 0 aromatic rings. The quantitative estimate of drug-likeness (QED) is 0.501. The number of carbonyl (C=O) groups is 1. The largest absolute Gasteiger partial charge is 0.438 e. The Morgan fingerprint density at radius 2 is 1.78 bits per heavy atom. The van der Waals surface area contributed by atoms with E-state index in [0.717, 1.165) is 24.9 Å². The Morgan fingerprint density at radius 3 is 2.44 bits per heavy atom. The zero-order valence-corrected chi connectivity index (χ0v) is 21.0. The molecule has 1 fully saturated rings. The number of rotatable bonds is 5. The summed E-state index contributed by atoms with van der Waals surface area (Å²) in [6, 6.07) is 1.74. The monoisotopic (exact) mass is 463 g/mol. The normalized spacial score (nSPS) is 31.6. The molecule has 1 heterocycles. The molecule has 1 aliphatic heterocycles. The minimum absolute atomic E-state index is 0.234. The third-order valence-corrected chi connectivity index (χ3v) is 17.5. The van der Waals surface area contributed by atoms with Crippen molar-refractivity contribution in [1.82, 2.24) is 5.32 Å². The van der Waals surface area contributed by atoms with Crippen LogP contribution < -0.4 is 5.32 Å². The fraction of sp³-hybridized carbons (Fsp3) is 0.929. The fourth-order valence-electron chi connectivity index (χ4n) is 3.07. The fourth-order valence-corrected chi connectivity index (χ4v) is 16.1. The lowest BCUT2D eigenvalue weighted by atomic mass is 10.4. The van der Waals surface area contributed by atoms with Gasteiger partial charge in [-0.15, -0.1) is 0 Å². The summed E-state index contributed by atoms with van der Waals surface area (Å²) in [6.45, 7) is 9.06. The molecule has 0 aromatic heterocycles. The van der Waals surface area contributed by atoms with Gasteiger partial charge in [0.05, 0.1) is 0 Å². The summed E-state index contributed by atoms with van der Waals surface area (Å²) in [5.41, 5.74) is 0. The molecule has 13 heteroatoms. The first-order chi connectivity index (χ1) is 12.5. The Balaban J connectivity index is 2.50. The van der Waals surface area contributed by atoms with E-state index in [1.54, 1.807) is 0 Å². The first-order valence-corrected chi connectivity index (χ1v) is 18.5. The van der Waals surface area contributed by atoms with E-state index in [-0.39, 0.29) is 6.54 Å². The van der Waals surface area contributed by atoms with Gasteiger partial charge >= 0.3 is 15.5 Å². The zero-order valence-electron chi connectivity index (χ0n) is 16.6. The van der Waals surface area contributed by atoms with Crippen molar-refractivity contribution < 1.29 is 34.7 Å². The number of alkyl halides is 3. The van der Waals surface area contributed by atoms with Crippen LogP contribution in [0, 0.1) is 0 Å². The number of nitrogens with one attached hydrogen (secondary N) is 1. The molecule has 0 saturated carbocycles. The maximum Gasteiger partial charge on any atom is 0.397 e. The summed E-state index contributed by atoms with van der Waals surface area (Å²) in [5.74, 6) is -0.979. The zero-order chi connectivity index (χ0) is 20.5. The molecule has 1 N–H and O–H groups in total. The van der Waals surface area contributed by atoms with Gasteiger partial charge in [-0.2, -0.15) is 13.2 Å². The predicted octanol–water partition coefficient (Wildman–Crippen LogP) is 2.43. The highest BCUT2D eigenvalue weighted by Crippen LogP contribution is 2.24. The molecule has 4 unspecified atom stereocenters. The van der Waals surface area contributed by atoms with Gasteiger partial charge < -0.3 is 22.1 Å². The van der Waals surface area contributed by atoms with Gasteiger partial charge in [0.1, 0.15) is 6.42 Å². The lowest BCUT2D eigenvalue weighted by Gasteiger charge is -2.33. The minimum atomic E-state index is -4.47. The molecule has 6 nitrogen and oxygen atoms in total. The van der Waals surface area contributed by atoms with E-state index in [2.05, 4.69) is 11.9 Å². The van der Waals surface area contributed by atoms with Crippen LogP contribution in [0.5, 0.6) is 0 Å². The van der Waals surface area contributed by atoms with Crippen molar-refractivity contribution in [3.8, 4) is 0 Å². The summed E-state index contributed by atoms with van der Waals surface area (Å²) in [7, 11) is -7.27. The SMILES string of the molecule is C[SiH]1OCCCC[Si](C)(CCCNC(=O)CC(F)(F)F)O[SiH](C)O[SiH](C)O1. The first kappa shape index (κ1) is 25.0. The first-order valence-electron chi connectivity index (χ1n) is 9.43. The molecule has 0 bridgehead atoms. The van der Waals surface area contributed by atoms with Crippen LogP contribution in [0.1, 0.15) is 25.7 Å². The second kappa shape index (κ2) is 11.8. The van der Waals surface area contributed by atoms with Crippen LogP contribution in [0.2, 0.25) is 38.3 Å². The average Bonchev–Trinajstić information content (AvgIpc) is 2.48. The van der Waals surface area contributed by atoms with Gasteiger partial charge in [0.15, 0.2) is 8.32 Å². The number of halogens is 3. The van der Waals surface area contributed by atoms with Crippen LogP contribution in [-0.4, -0.2) is 61.4 Å². The topological polar surface area (TPSA) is 66.0 Å². The molecule has 1 saturated heterocycles. The highest BCUT2D eigenvalue weighted by atomic mass is 28.4. The third kappa shape index (κ3) is 12.2. The highest BCUT2D eigenvalue weighted by molar-refractivity contribution is 6.79. The van der Waals surface area contributed by atoms with Crippen LogP contribution >= 0.6 is 0 Å². The van der Waals surface area contributed by atoms with E-state index in [0.29, 0.717) is 13.0 Å². The maximum atomic E-state index is 12.2. The molecule has 160 valence electrons. The average molecular weight is 464 g/mol. The number of amides is 1. The molecular weight excluding hydrogens is 431 g/mol. The minimum Gasteiger partial charge on any atom is -0.438 e. The molecule has 1 amide bonds. The molecule has 1 aliphatic rings. The molecular formula is C14H32F3NO5Si4. The van der Waals surface area contributed by atoms with Crippen molar-refractivity contribution in [3.05, 3.63) is 0 Å². The van der Waals surface area contributed by atoms with Crippen LogP contribution in [-0.2, 0) is 21.6 Å². The van der Waals surface area contributed by atoms with E-state index in [1.165, 1.54) is 0 Å². The van der Waals surface area contributed by atoms with Crippen molar-refractivity contribution in [2.24, 2.45) is 0 Å². The maximum absolute atomic E-state index is 12.2. The van der Waals surface area contributed by atoms with Gasteiger partial charge in [0.2, 0.25) is 5.91 Å². The van der Waals surface area contributed by atoms with Gasteiger partial charge in [-0.3, -0.25) is 4.79 Å². The second-order valence-electron chi connectivity index (χ2n) is 7.12. The number of hydrogen-bond donors (Lipinski definition) is 1. The molecule has 1 rings (SSSR count). The Morgan fingerprint density at radius 1 is 1.11 bits per heavy atom. The van der Waals surface area contributed by atoms with Crippen LogP contribution in [0.15, 0.2) is 0 Å². The van der Waals surface area contributed by atoms with Crippen molar-refractivity contribution in [1.29, 1.82) is 0 Å². The number of carbonyl (C=O) groups excluding carboxylic acids is 1. The van der Waals surface area contributed by atoms with Gasteiger partial charge in [-0.1, -0.05) is 6.42 Å². The van der Waals surface area contributed by atoms with Crippen molar-refractivity contribution in [2.75, 3.05) is 13.2 Å². The molecule has 0 radical (unpaired) electrons. The van der Waals surface area contributed by atoms with E-state index in [1.807, 2.05) is 19.6 Å². The van der Waals surface area contributed by atoms with Crippen molar-refractivity contribution in [2.45, 2.75) is 70.1 Å². The summed E-state index contributed by atoms with van der Waals surface area (Å²) in [4.78, 5) is 11.3. The Kier molecular flexibility index (Phi) is 11.0. The summed E-state index contributed by atoms with van der Waals surface area (Å²) in [5, 5.41) is 2.35. The predicted molar refractivity (Wildman–Crippen MR) is 107 cm³/mol. The van der Waals surface area contributed by atoms with Gasteiger partial charge in [0.25, 0.3) is 18.6 Å². The Labute approximate surface area is 165 Å². The number of hydrogen-bond acceptors (Lipinski definition) is 5. The molecule has 27 heavy (non-hydrogen) atoms. The summed E-state index contributed by atoms with van der Waals surface area (Å²) in [6.07, 6.45) is -3.36. The Hall–Kier alpha value is -0.0325. The second-order valence-corrected chi connectivity index (χ2v) is 17.9. The summed E-state index contributed by atoms with van der Waals surface area (Å²) >= 11 is 0. The van der Waals surface area contributed by atoms with Gasteiger partial charge in [-0.25, -0.2) is 0 Å². The van der Waals surface area contributed by atoms with E-state index in [9.17, 15) is 18.0 Å². The summed E-state index contributed by atoms with van der Waals surface area (Å²) < 4.78 is 60.6. The molecule has 0 aromatic carbocycles. The third-order valence-electron chi connectivity index (χ3n) is 4.24. The lowest BCUT2D eigenvalue weighted by Crippen LogP contribution is -2.44. The lowest BCUT2D eigenvalue weighted by molar-refractivity contribution is -0.153. The Bertz CT molecular complexity index is 463.